The monoisotopic (exact) mass is 800 g/mol. The third kappa shape index (κ3) is 9.75. The van der Waals surface area contributed by atoms with Gasteiger partial charge < -0.3 is 30.3 Å². The molecule has 2 aliphatic rings. The van der Waals surface area contributed by atoms with Gasteiger partial charge in [0.05, 0.1) is 24.4 Å². The summed E-state index contributed by atoms with van der Waals surface area (Å²) < 4.78 is 13.3. The maximum Gasteiger partial charge on any atom is 0.251 e. The molecule has 0 radical (unpaired) electrons. The second-order valence-corrected chi connectivity index (χ2v) is 15.5. The molecule has 2 fully saturated rings. The van der Waals surface area contributed by atoms with Crippen molar-refractivity contribution in [2.45, 2.75) is 79.2 Å². The minimum Gasteiger partial charge on any atom is -0.496 e. The summed E-state index contributed by atoms with van der Waals surface area (Å²) in [4.78, 5) is 48.5. The summed E-state index contributed by atoms with van der Waals surface area (Å²) in [5.74, 6) is 0.322. The van der Waals surface area contributed by atoms with Gasteiger partial charge in [0.15, 0.2) is 5.65 Å². The van der Waals surface area contributed by atoms with Crippen molar-refractivity contribution < 1.29 is 23.9 Å². The molecular formula is C46H56N8O5. The highest BCUT2D eigenvalue weighted by molar-refractivity contribution is 6.00. The molecule has 2 aliphatic heterocycles. The first-order chi connectivity index (χ1) is 28.6. The van der Waals surface area contributed by atoms with Crippen molar-refractivity contribution in [2.24, 2.45) is 0 Å². The van der Waals surface area contributed by atoms with Crippen LogP contribution in [0.2, 0.25) is 0 Å². The van der Waals surface area contributed by atoms with Gasteiger partial charge >= 0.3 is 0 Å². The smallest absolute Gasteiger partial charge is 0.251 e. The van der Waals surface area contributed by atoms with Gasteiger partial charge in [0.25, 0.3) is 11.8 Å². The van der Waals surface area contributed by atoms with Gasteiger partial charge in [0, 0.05) is 106 Å². The molecule has 3 N–H and O–H groups in total. The molecule has 0 unspecified atom stereocenters. The van der Waals surface area contributed by atoms with Crippen LogP contribution in [0.15, 0.2) is 66.9 Å². The van der Waals surface area contributed by atoms with Gasteiger partial charge in [-0.25, -0.2) is 9.67 Å². The minimum absolute atomic E-state index is 0.125. The Morgan fingerprint density at radius 3 is 2.29 bits per heavy atom. The number of hydrogen-bond acceptors (Lipinski definition) is 9. The third-order valence-electron chi connectivity index (χ3n) is 11.4. The van der Waals surface area contributed by atoms with Gasteiger partial charge in [-0.1, -0.05) is 31.2 Å². The zero-order chi connectivity index (χ0) is 41.5. The number of methoxy groups -OCH3 is 1. The van der Waals surface area contributed by atoms with E-state index in [0.717, 1.165) is 102 Å². The number of carbonyl (C=O) groups excluding carboxylic acids is 3. The van der Waals surface area contributed by atoms with Crippen molar-refractivity contribution in [3.8, 4) is 16.9 Å². The van der Waals surface area contributed by atoms with Crippen LogP contribution < -0.4 is 20.7 Å². The maximum absolute atomic E-state index is 13.8. The lowest BCUT2D eigenvalue weighted by molar-refractivity contribution is -0.130. The van der Waals surface area contributed by atoms with Gasteiger partial charge in [0.2, 0.25) is 5.91 Å². The molecule has 5 aromatic rings. The third-order valence-corrected chi connectivity index (χ3v) is 11.4. The molecular weight excluding hydrogens is 745 g/mol. The molecule has 0 atom stereocenters. The van der Waals surface area contributed by atoms with E-state index < -0.39 is 0 Å². The normalized spacial score (nSPS) is 15.0. The first kappa shape index (κ1) is 41.4. The number of nitrogens with zero attached hydrogens (tertiary/aromatic N) is 5. The highest BCUT2D eigenvalue weighted by Crippen LogP contribution is 2.33. The lowest BCUT2D eigenvalue weighted by Crippen LogP contribution is -2.47. The predicted octanol–water partition coefficient (Wildman–Crippen LogP) is 6.11. The Hall–Kier alpha value is -5.79. The van der Waals surface area contributed by atoms with E-state index in [9.17, 15) is 14.4 Å². The zero-order valence-electron chi connectivity index (χ0n) is 34.9. The van der Waals surface area contributed by atoms with E-state index in [4.69, 9.17) is 14.5 Å². The molecule has 3 amide bonds. The number of pyridine rings is 1. The average Bonchev–Trinajstić information content (AvgIpc) is 3.68. The van der Waals surface area contributed by atoms with Crippen LogP contribution in [0.3, 0.4) is 0 Å². The highest BCUT2D eigenvalue weighted by atomic mass is 16.5. The second-order valence-electron chi connectivity index (χ2n) is 15.5. The molecule has 0 spiro atoms. The van der Waals surface area contributed by atoms with Crippen LogP contribution in [0.1, 0.15) is 82.3 Å². The van der Waals surface area contributed by atoms with Crippen molar-refractivity contribution in [3.05, 3.63) is 106 Å². The average molecular weight is 801 g/mol. The van der Waals surface area contributed by atoms with Crippen LogP contribution in [0.5, 0.6) is 5.75 Å². The number of piperazine rings is 1. The molecule has 0 saturated carbocycles. The van der Waals surface area contributed by atoms with E-state index in [2.05, 4.69) is 64.1 Å². The summed E-state index contributed by atoms with van der Waals surface area (Å²) in [6.07, 6.45) is 4.34. The number of hydrogen-bond donors (Lipinski definition) is 3. The molecule has 7 rings (SSSR count). The fraction of sp³-hybridized carbons (Fsp3) is 0.413. The number of rotatable bonds is 14. The van der Waals surface area contributed by atoms with Gasteiger partial charge in [-0.3, -0.25) is 19.3 Å². The van der Waals surface area contributed by atoms with Gasteiger partial charge in [-0.2, -0.15) is 5.10 Å². The fourth-order valence-corrected chi connectivity index (χ4v) is 8.11. The Morgan fingerprint density at radius 1 is 0.881 bits per heavy atom. The van der Waals surface area contributed by atoms with Crippen molar-refractivity contribution in [1.82, 2.24) is 35.2 Å². The number of nitrogens with one attached hydrogen (secondary N) is 3. The lowest BCUT2D eigenvalue weighted by atomic mass is 9.99. The van der Waals surface area contributed by atoms with Gasteiger partial charge in [-0.15, -0.1) is 0 Å². The highest BCUT2D eigenvalue weighted by Gasteiger charge is 2.23. The van der Waals surface area contributed by atoms with Gasteiger partial charge in [-0.05, 0) is 91.8 Å². The van der Waals surface area contributed by atoms with Crippen LogP contribution >= 0.6 is 0 Å². The van der Waals surface area contributed by atoms with E-state index in [1.54, 1.807) is 32.2 Å². The number of aromatic nitrogens is 3. The summed E-state index contributed by atoms with van der Waals surface area (Å²) >= 11 is 0. The molecule has 3 aromatic carbocycles. The Bertz CT molecular complexity index is 2310. The largest absolute Gasteiger partial charge is 0.496 e. The van der Waals surface area contributed by atoms with E-state index in [1.807, 2.05) is 40.9 Å². The van der Waals surface area contributed by atoms with E-state index in [0.29, 0.717) is 37.3 Å². The number of benzene rings is 3. The Balaban J connectivity index is 1.03. The van der Waals surface area contributed by atoms with Crippen LogP contribution in [0.25, 0.3) is 22.2 Å². The number of aryl methyl sites for hydroxylation is 3. The molecule has 2 aromatic heterocycles. The number of amides is 3. The van der Waals surface area contributed by atoms with Crippen molar-refractivity contribution >= 4 is 34.4 Å². The number of fused-ring (bicyclic) bond motifs is 1. The molecule has 2 saturated heterocycles. The Morgan fingerprint density at radius 2 is 1.61 bits per heavy atom. The van der Waals surface area contributed by atoms with Crippen molar-refractivity contribution in [1.29, 1.82) is 0 Å². The quantitative estimate of drug-likeness (QED) is 0.121. The molecule has 13 heteroatoms. The van der Waals surface area contributed by atoms with Crippen LogP contribution in [0.4, 0.5) is 5.69 Å². The minimum atomic E-state index is -0.272. The van der Waals surface area contributed by atoms with Crippen LogP contribution in [0, 0.1) is 6.92 Å². The standard InChI is InChI=1S/C46H56N8O5/c1-6-41-39(43(50-37-13-19-59-20-14-37)40-28-49-54(7-2)44(40)51-41)27-48-46(57)36-22-30(3)21-35(25-36)45(56)47-26-32-11-12-42(58-5)38(24-32)34-10-8-9-33(23-34)29-52-15-17-53(18-16-52)31(4)55/h8-12,21-25,28,37H,6-7,13-20,26-27,29H2,1-5H3,(H,47,56)(H,48,57)(H,50,51). The molecule has 59 heavy (non-hydrogen) atoms. The predicted molar refractivity (Wildman–Crippen MR) is 230 cm³/mol. The number of ether oxygens (including phenoxy) is 2. The SMILES string of the molecule is CCc1nc2c(cnn2CC)c(NC2CCOCC2)c1CNC(=O)c1cc(C)cc(C(=O)NCc2ccc(OC)c(-c3cccc(CN4CCN(C(C)=O)CC4)c3)c2)c1. The molecule has 310 valence electrons. The van der Waals surface area contributed by atoms with E-state index in [-0.39, 0.29) is 36.9 Å². The summed E-state index contributed by atoms with van der Waals surface area (Å²) in [5, 5.41) is 15.5. The molecule has 0 aliphatic carbocycles. The fourth-order valence-electron chi connectivity index (χ4n) is 8.11. The summed E-state index contributed by atoms with van der Waals surface area (Å²) in [7, 11) is 1.66. The van der Waals surface area contributed by atoms with E-state index in [1.165, 1.54) is 5.56 Å². The Labute approximate surface area is 346 Å². The molecule has 4 heterocycles. The first-order valence-electron chi connectivity index (χ1n) is 20.8. The van der Waals surface area contributed by atoms with Crippen LogP contribution in [-0.4, -0.2) is 94.8 Å². The molecule has 0 bridgehead atoms. The maximum atomic E-state index is 13.8. The van der Waals surface area contributed by atoms with Crippen molar-refractivity contribution in [2.75, 3.05) is 51.8 Å². The summed E-state index contributed by atoms with van der Waals surface area (Å²) in [6.45, 7) is 14.3. The summed E-state index contributed by atoms with van der Waals surface area (Å²) in [6, 6.07) is 19.8. The zero-order valence-corrected chi connectivity index (χ0v) is 34.9. The first-order valence-corrected chi connectivity index (χ1v) is 20.8. The van der Waals surface area contributed by atoms with E-state index >= 15 is 0 Å². The summed E-state index contributed by atoms with van der Waals surface area (Å²) in [5.41, 5.74) is 9.31. The van der Waals surface area contributed by atoms with Crippen molar-refractivity contribution in [3.63, 3.8) is 0 Å². The topological polar surface area (TPSA) is 143 Å². The number of carbonyl (C=O) groups is 3. The molecule has 13 nitrogen and oxygen atoms in total. The van der Waals surface area contributed by atoms with Gasteiger partial charge in [0.1, 0.15) is 5.75 Å². The lowest BCUT2D eigenvalue weighted by Gasteiger charge is -2.34. The number of anilines is 1. The Kier molecular flexibility index (Phi) is 13.2. The van der Waals surface area contributed by atoms with Crippen LogP contribution in [-0.2, 0) is 42.1 Å². The second kappa shape index (κ2) is 18.9.